The number of nitrogens with one attached hydrogen (secondary N) is 1. The summed E-state index contributed by atoms with van der Waals surface area (Å²) in [5.41, 5.74) is -0.239. The number of fused-ring (bicyclic) bond motifs is 1. The SMILES string of the molecule is CCOC1CCC(N2CCC(n3c(=O)[nH]c4ccc(C(F)(F)F)cc43)CC2)CC1. The molecule has 1 aliphatic heterocycles. The summed E-state index contributed by atoms with van der Waals surface area (Å²) in [5, 5.41) is 0. The Morgan fingerprint density at radius 2 is 1.76 bits per heavy atom. The van der Waals surface area contributed by atoms with Crippen LogP contribution in [0.5, 0.6) is 0 Å². The number of rotatable bonds is 4. The van der Waals surface area contributed by atoms with Gasteiger partial charge in [0, 0.05) is 31.8 Å². The summed E-state index contributed by atoms with van der Waals surface area (Å²) in [4.78, 5) is 17.7. The van der Waals surface area contributed by atoms with Crippen LogP contribution in [0.4, 0.5) is 13.2 Å². The molecule has 2 fully saturated rings. The lowest BCUT2D eigenvalue weighted by molar-refractivity contribution is -0.137. The van der Waals surface area contributed by atoms with Crippen molar-refractivity contribution in [3.8, 4) is 0 Å². The van der Waals surface area contributed by atoms with Gasteiger partial charge in [-0.25, -0.2) is 4.79 Å². The molecule has 0 amide bonds. The van der Waals surface area contributed by atoms with E-state index in [-0.39, 0.29) is 11.7 Å². The van der Waals surface area contributed by atoms with Crippen molar-refractivity contribution in [2.75, 3.05) is 19.7 Å². The van der Waals surface area contributed by atoms with Gasteiger partial charge in [-0.15, -0.1) is 0 Å². The normalized spacial score (nSPS) is 25.0. The van der Waals surface area contributed by atoms with E-state index >= 15 is 0 Å². The van der Waals surface area contributed by atoms with Crippen LogP contribution in [-0.4, -0.2) is 46.3 Å². The van der Waals surface area contributed by atoms with Crippen molar-refractivity contribution in [1.82, 2.24) is 14.5 Å². The molecule has 1 aromatic heterocycles. The Morgan fingerprint density at radius 3 is 2.38 bits per heavy atom. The third kappa shape index (κ3) is 4.23. The first-order valence-corrected chi connectivity index (χ1v) is 10.5. The Kier molecular flexibility index (Phi) is 5.75. The van der Waals surface area contributed by atoms with Gasteiger partial charge in [0.05, 0.1) is 22.7 Å². The van der Waals surface area contributed by atoms with E-state index in [1.54, 1.807) is 0 Å². The van der Waals surface area contributed by atoms with Crippen molar-refractivity contribution in [1.29, 1.82) is 0 Å². The number of imidazole rings is 1. The predicted molar refractivity (Wildman–Crippen MR) is 105 cm³/mol. The van der Waals surface area contributed by atoms with Crippen LogP contribution in [-0.2, 0) is 10.9 Å². The molecule has 160 valence electrons. The van der Waals surface area contributed by atoms with Gasteiger partial charge in [0.15, 0.2) is 0 Å². The molecule has 1 N–H and O–H groups in total. The average Bonchev–Trinajstić information content (AvgIpc) is 3.03. The second-order valence-electron chi connectivity index (χ2n) is 8.18. The van der Waals surface area contributed by atoms with Crippen LogP contribution in [0, 0.1) is 0 Å². The summed E-state index contributed by atoms with van der Waals surface area (Å²) in [7, 11) is 0. The van der Waals surface area contributed by atoms with E-state index in [9.17, 15) is 18.0 Å². The van der Waals surface area contributed by atoms with Gasteiger partial charge in [0.25, 0.3) is 0 Å². The first-order chi connectivity index (χ1) is 13.9. The van der Waals surface area contributed by atoms with Crippen LogP contribution >= 0.6 is 0 Å². The molecule has 0 radical (unpaired) electrons. The highest BCUT2D eigenvalue weighted by atomic mass is 19.4. The number of hydrogen-bond acceptors (Lipinski definition) is 3. The molecule has 1 aromatic carbocycles. The average molecular weight is 411 g/mol. The van der Waals surface area contributed by atoms with Gasteiger partial charge in [-0.05, 0) is 63.6 Å². The number of aromatic nitrogens is 2. The number of alkyl halides is 3. The summed E-state index contributed by atoms with van der Waals surface area (Å²) in [6.45, 7) is 4.52. The first kappa shape index (κ1) is 20.5. The number of aromatic amines is 1. The third-order valence-electron chi connectivity index (χ3n) is 6.47. The predicted octanol–water partition coefficient (Wildman–Crippen LogP) is 4.33. The van der Waals surface area contributed by atoms with E-state index in [2.05, 4.69) is 9.88 Å². The first-order valence-electron chi connectivity index (χ1n) is 10.5. The Bertz CT molecular complexity index is 889. The highest BCUT2D eigenvalue weighted by molar-refractivity contribution is 5.76. The molecule has 1 saturated heterocycles. The molecule has 8 heteroatoms. The summed E-state index contributed by atoms with van der Waals surface area (Å²) < 4.78 is 46.6. The number of piperidine rings is 1. The van der Waals surface area contributed by atoms with Gasteiger partial charge in [0.1, 0.15) is 0 Å². The molecule has 2 heterocycles. The van der Waals surface area contributed by atoms with Gasteiger partial charge < -0.3 is 14.6 Å². The summed E-state index contributed by atoms with van der Waals surface area (Å²) >= 11 is 0. The summed E-state index contributed by atoms with van der Waals surface area (Å²) in [6, 6.07) is 3.93. The maximum absolute atomic E-state index is 13.1. The highest BCUT2D eigenvalue weighted by Crippen LogP contribution is 2.34. The Hall–Kier alpha value is -1.80. The Labute approximate surface area is 167 Å². The fraction of sp³-hybridized carbons (Fsp3) is 0.667. The second-order valence-corrected chi connectivity index (χ2v) is 8.18. The quantitative estimate of drug-likeness (QED) is 0.815. The zero-order chi connectivity index (χ0) is 20.6. The highest BCUT2D eigenvalue weighted by Gasteiger charge is 2.33. The number of ether oxygens (including phenoxy) is 1. The Morgan fingerprint density at radius 1 is 1.07 bits per heavy atom. The molecule has 0 unspecified atom stereocenters. The topological polar surface area (TPSA) is 50.3 Å². The lowest BCUT2D eigenvalue weighted by atomic mass is 9.90. The van der Waals surface area contributed by atoms with E-state index in [0.717, 1.165) is 70.4 Å². The van der Waals surface area contributed by atoms with Gasteiger partial charge in [-0.3, -0.25) is 4.57 Å². The molecule has 29 heavy (non-hydrogen) atoms. The molecule has 0 bridgehead atoms. The largest absolute Gasteiger partial charge is 0.416 e. The van der Waals surface area contributed by atoms with Crippen molar-refractivity contribution in [2.24, 2.45) is 0 Å². The molecule has 0 spiro atoms. The van der Waals surface area contributed by atoms with Gasteiger partial charge in [-0.1, -0.05) is 0 Å². The van der Waals surface area contributed by atoms with Crippen molar-refractivity contribution >= 4 is 11.0 Å². The molecule has 1 aliphatic carbocycles. The molecular weight excluding hydrogens is 383 g/mol. The zero-order valence-electron chi connectivity index (χ0n) is 16.7. The van der Waals surface area contributed by atoms with Crippen LogP contribution in [0.3, 0.4) is 0 Å². The van der Waals surface area contributed by atoms with E-state index in [0.29, 0.717) is 23.2 Å². The van der Waals surface area contributed by atoms with Crippen molar-refractivity contribution in [3.05, 3.63) is 34.2 Å². The lowest BCUT2D eigenvalue weighted by Crippen LogP contribution is -2.45. The number of hydrogen-bond donors (Lipinski definition) is 1. The van der Waals surface area contributed by atoms with Crippen molar-refractivity contribution in [2.45, 2.75) is 69.8 Å². The van der Waals surface area contributed by atoms with E-state index in [1.165, 1.54) is 10.6 Å². The Balaban J connectivity index is 1.45. The number of H-pyrrole nitrogens is 1. The fourth-order valence-electron chi connectivity index (χ4n) is 4.98. The minimum absolute atomic E-state index is 0.0734. The molecular formula is C21H28F3N3O2. The van der Waals surface area contributed by atoms with Crippen LogP contribution in [0.1, 0.15) is 57.1 Å². The monoisotopic (exact) mass is 411 g/mol. The fourth-order valence-corrected chi connectivity index (χ4v) is 4.98. The van der Waals surface area contributed by atoms with Crippen LogP contribution in [0.2, 0.25) is 0 Å². The molecule has 2 aliphatic rings. The van der Waals surface area contributed by atoms with Crippen LogP contribution < -0.4 is 5.69 Å². The standard InChI is InChI=1S/C21H28F3N3O2/c1-2-29-17-6-4-15(5-7-17)26-11-9-16(10-12-26)27-19-13-14(21(22,23)24)3-8-18(19)25-20(27)28/h3,8,13,15-17H,2,4-7,9-12H2,1H3,(H,25,28). The molecule has 0 atom stereocenters. The minimum Gasteiger partial charge on any atom is -0.379 e. The number of halogens is 3. The van der Waals surface area contributed by atoms with Gasteiger partial charge in [0.2, 0.25) is 0 Å². The number of benzene rings is 1. The van der Waals surface area contributed by atoms with Gasteiger partial charge in [-0.2, -0.15) is 13.2 Å². The summed E-state index contributed by atoms with van der Waals surface area (Å²) in [6.07, 6.45) is 1.91. The van der Waals surface area contributed by atoms with Gasteiger partial charge >= 0.3 is 11.9 Å². The molecule has 4 rings (SSSR count). The molecule has 1 saturated carbocycles. The second kappa shape index (κ2) is 8.14. The van der Waals surface area contributed by atoms with Crippen LogP contribution in [0.25, 0.3) is 11.0 Å². The number of nitrogens with zero attached hydrogens (tertiary/aromatic N) is 2. The third-order valence-corrected chi connectivity index (χ3v) is 6.47. The maximum Gasteiger partial charge on any atom is 0.416 e. The van der Waals surface area contributed by atoms with Crippen molar-refractivity contribution < 1.29 is 17.9 Å². The van der Waals surface area contributed by atoms with Crippen molar-refractivity contribution in [3.63, 3.8) is 0 Å². The number of likely N-dealkylation sites (tertiary alicyclic amines) is 1. The van der Waals surface area contributed by atoms with E-state index < -0.39 is 11.7 Å². The zero-order valence-corrected chi connectivity index (χ0v) is 16.7. The maximum atomic E-state index is 13.1. The van der Waals surface area contributed by atoms with Crippen LogP contribution in [0.15, 0.2) is 23.0 Å². The van der Waals surface area contributed by atoms with E-state index in [1.807, 2.05) is 6.92 Å². The summed E-state index contributed by atoms with van der Waals surface area (Å²) in [5.74, 6) is 0. The molecule has 2 aromatic rings. The lowest BCUT2D eigenvalue weighted by Gasteiger charge is -2.41. The minimum atomic E-state index is -4.42. The smallest absolute Gasteiger partial charge is 0.379 e. The van der Waals surface area contributed by atoms with E-state index in [4.69, 9.17) is 4.74 Å². The molecule has 5 nitrogen and oxygen atoms in total.